The summed E-state index contributed by atoms with van der Waals surface area (Å²) in [6, 6.07) is 14.5. The van der Waals surface area contributed by atoms with Gasteiger partial charge in [0.25, 0.3) is 0 Å². The monoisotopic (exact) mass is 283 g/mol. The predicted molar refractivity (Wildman–Crippen MR) is 81.1 cm³/mol. The Morgan fingerprint density at radius 1 is 1.05 bits per heavy atom. The van der Waals surface area contributed by atoms with Crippen LogP contribution in [0.3, 0.4) is 0 Å². The highest BCUT2D eigenvalue weighted by atomic mass is 32.2. The van der Waals surface area contributed by atoms with Crippen molar-refractivity contribution in [2.24, 2.45) is 0 Å². The van der Waals surface area contributed by atoms with E-state index in [0.29, 0.717) is 16.6 Å². The molecule has 20 heavy (non-hydrogen) atoms. The average Bonchev–Trinajstić information content (AvgIpc) is 2.49. The topological polar surface area (TPSA) is 61.0 Å². The third kappa shape index (κ3) is 2.40. The lowest BCUT2D eigenvalue weighted by molar-refractivity contribution is 0.397. The van der Waals surface area contributed by atoms with Gasteiger partial charge in [-0.2, -0.15) is 4.98 Å². The molecule has 0 saturated carbocycles. The molecule has 100 valence electrons. The van der Waals surface area contributed by atoms with Crippen LogP contribution in [0, 0.1) is 0 Å². The van der Waals surface area contributed by atoms with E-state index < -0.39 is 0 Å². The van der Waals surface area contributed by atoms with Crippen LogP contribution in [-0.2, 0) is 0 Å². The van der Waals surface area contributed by atoms with Gasteiger partial charge in [-0.05, 0) is 22.9 Å². The van der Waals surface area contributed by atoms with Crippen LogP contribution in [0.15, 0.2) is 58.7 Å². The van der Waals surface area contributed by atoms with E-state index in [0.717, 1.165) is 4.90 Å². The molecule has 0 saturated heterocycles. The second-order valence-electron chi connectivity index (χ2n) is 4.21. The normalized spacial score (nSPS) is 10.7. The van der Waals surface area contributed by atoms with E-state index in [-0.39, 0.29) is 0 Å². The van der Waals surface area contributed by atoms with Gasteiger partial charge < -0.3 is 10.5 Å². The van der Waals surface area contributed by atoms with Crippen molar-refractivity contribution in [3.63, 3.8) is 0 Å². The number of hydrogen-bond donors (Lipinski definition) is 1. The number of fused-ring (bicyclic) bond motifs is 1. The summed E-state index contributed by atoms with van der Waals surface area (Å²) >= 11 is 1.50. The van der Waals surface area contributed by atoms with Gasteiger partial charge in [0.05, 0.1) is 7.11 Å². The zero-order valence-corrected chi connectivity index (χ0v) is 11.7. The molecule has 1 aromatic heterocycles. The number of aromatic nitrogens is 2. The molecule has 0 fully saturated rings. The highest BCUT2D eigenvalue weighted by Gasteiger charge is 2.10. The van der Waals surface area contributed by atoms with Gasteiger partial charge in [0, 0.05) is 4.90 Å². The molecule has 0 unspecified atom stereocenters. The summed E-state index contributed by atoms with van der Waals surface area (Å²) in [5.74, 6) is 0.406. The van der Waals surface area contributed by atoms with Gasteiger partial charge in [0.2, 0.25) is 5.88 Å². The molecule has 3 aromatic rings. The van der Waals surface area contributed by atoms with E-state index in [2.05, 4.69) is 40.3 Å². The summed E-state index contributed by atoms with van der Waals surface area (Å²) in [6.45, 7) is 0. The maximum atomic E-state index is 5.98. The van der Waals surface area contributed by atoms with Crippen LogP contribution in [0.25, 0.3) is 10.8 Å². The Bertz CT molecular complexity index is 761. The van der Waals surface area contributed by atoms with Gasteiger partial charge >= 0.3 is 0 Å². The molecule has 0 amide bonds. The fourth-order valence-electron chi connectivity index (χ4n) is 1.95. The second-order valence-corrected chi connectivity index (χ2v) is 5.28. The minimum atomic E-state index is 0.406. The fraction of sp³-hybridized carbons (Fsp3) is 0.0667. The molecular formula is C15H13N3OS. The van der Waals surface area contributed by atoms with Crippen LogP contribution in [0.4, 0.5) is 5.69 Å². The van der Waals surface area contributed by atoms with Crippen molar-refractivity contribution < 1.29 is 4.74 Å². The van der Waals surface area contributed by atoms with Crippen molar-refractivity contribution in [3.8, 4) is 5.88 Å². The molecule has 5 heteroatoms. The van der Waals surface area contributed by atoms with Gasteiger partial charge in [-0.15, -0.1) is 0 Å². The average molecular weight is 283 g/mol. The number of methoxy groups -OCH3 is 1. The fourth-order valence-corrected chi connectivity index (χ4v) is 2.79. The zero-order valence-electron chi connectivity index (χ0n) is 10.9. The van der Waals surface area contributed by atoms with Gasteiger partial charge in [-0.25, -0.2) is 4.98 Å². The van der Waals surface area contributed by atoms with Crippen LogP contribution in [0.2, 0.25) is 0 Å². The zero-order chi connectivity index (χ0) is 13.9. The maximum Gasteiger partial charge on any atom is 0.241 e. The molecule has 2 aromatic carbocycles. The third-order valence-electron chi connectivity index (χ3n) is 2.94. The molecule has 2 N–H and O–H groups in total. The number of anilines is 1. The van der Waals surface area contributed by atoms with Crippen LogP contribution >= 0.6 is 11.8 Å². The third-order valence-corrected chi connectivity index (χ3v) is 3.95. The molecule has 1 heterocycles. The molecule has 3 rings (SSSR count). The Hall–Kier alpha value is -2.27. The number of nitrogens with zero attached hydrogens (tertiary/aromatic N) is 2. The van der Waals surface area contributed by atoms with E-state index in [1.54, 1.807) is 7.11 Å². The summed E-state index contributed by atoms with van der Waals surface area (Å²) < 4.78 is 5.10. The smallest absolute Gasteiger partial charge is 0.241 e. The van der Waals surface area contributed by atoms with Gasteiger partial charge in [-0.3, -0.25) is 0 Å². The number of hydrogen-bond acceptors (Lipinski definition) is 5. The van der Waals surface area contributed by atoms with Crippen LogP contribution in [0.1, 0.15) is 0 Å². The van der Waals surface area contributed by atoms with Crippen molar-refractivity contribution >= 4 is 28.2 Å². The van der Waals surface area contributed by atoms with E-state index in [1.165, 1.54) is 28.9 Å². The molecule has 4 nitrogen and oxygen atoms in total. The van der Waals surface area contributed by atoms with Crippen molar-refractivity contribution in [1.29, 1.82) is 0 Å². The molecular weight excluding hydrogens is 270 g/mol. The first-order valence-electron chi connectivity index (χ1n) is 6.09. The highest BCUT2D eigenvalue weighted by Crippen LogP contribution is 2.34. The Morgan fingerprint density at radius 2 is 1.85 bits per heavy atom. The summed E-state index contributed by atoms with van der Waals surface area (Å²) in [5.41, 5.74) is 6.45. The van der Waals surface area contributed by atoms with Crippen LogP contribution in [-0.4, -0.2) is 17.1 Å². The molecule has 0 aliphatic rings. The Balaban J connectivity index is 1.97. The largest absolute Gasteiger partial charge is 0.479 e. The first-order valence-corrected chi connectivity index (χ1v) is 6.90. The lowest BCUT2D eigenvalue weighted by atomic mass is 10.1. The lowest BCUT2D eigenvalue weighted by Gasteiger charge is -2.08. The SMILES string of the molecule is COc1ncnc(Sc2ccc3ccccc3c2)c1N. The molecule has 0 radical (unpaired) electrons. The molecule has 0 atom stereocenters. The second kappa shape index (κ2) is 5.38. The van der Waals surface area contributed by atoms with E-state index >= 15 is 0 Å². The van der Waals surface area contributed by atoms with Crippen molar-refractivity contribution in [2.45, 2.75) is 9.92 Å². The van der Waals surface area contributed by atoms with Gasteiger partial charge in [0.1, 0.15) is 17.0 Å². The first-order chi connectivity index (χ1) is 9.78. The number of benzene rings is 2. The number of ether oxygens (including phenoxy) is 1. The van der Waals surface area contributed by atoms with Crippen LogP contribution < -0.4 is 10.5 Å². The lowest BCUT2D eigenvalue weighted by Crippen LogP contribution is -1.99. The molecule has 0 aliphatic carbocycles. The number of nitrogen functional groups attached to an aromatic ring is 1. The van der Waals surface area contributed by atoms with Gasteiger partial charge in [0.15, 0.2) is 0 Å². The highest BCUT2D eigenvalue weighted by molar-refractivity contribution is 7.99. The predicted octanol–water partition coefficient (Wildman–Crippen LogP) is 3.37. The minimum absolute atomic E-state index is 0.406. The standard InChI is InChI=1S/C15H13N3OS/c1-19-14-13(16)15(18-9-17-14)20-12-7-6-10-4-2-3-5-11(10)8-12/h2-9H,16H2,1H3. The summed E-state index contributed by atoms with van der Waals surface area (Å²) in [4.78, 5) is 9.27. The number of nitrogens with two attached hydrogens (primary N) is 1. The van der Waals surface area contributed by atoms with Crippen molar-refractivity contribution in [1.82, 2.24) is 9.97 Å². The van der Waals surface area contributed by atoms with E-state index in [9.17, 15) is 0 Å². The molecule has 0 bridgehead atoms. The summed E-state index contributed by atoms with van der Waals surface area (Å²) in [7, 11) is 1.54. The summed E-state index contributed by atoms with van der Waals surface area (Å²) in [6.07, 6.45) is 1.46. The minimum Gasteiger partial charge on any atom is -0.479 e. The number of rotatable bonds is 3. The van der Waals surface area contributed by atoms with E-state index in [1.807, 2.05) is 12.1 Å². The van der Waals surface area contributed by atoms with Crippen molar-refractivity contribution in [2.75, 3.05) is 12.8 Å². The van der Waals surface area contributed by atoms with Crippen molar-refractivity contribution in [3.05, 3.63) is 48.8 Å². The first kappa shape index (κ1) is 12.7. The molecule has 0 aliphatic heterocycles. The Kier molecular flexibility index (Phi) is 3.43. The Morgan fingerprint density at radius 3 is 2.65 bits per heavy atom. The maximum absolute atomic E-state index is 5.98. The Labute approximate surface area is 121 Å². The quantitative estimate of drug-likeness (QED) is 0.747. The van der Waals surface area contributed by atoms with Gasteiger partial charge in [-0.1, -0.05) is 42.1 Å². The van der Waals surface area contributed by atoms with E-state index in [4.69, 9.17) is 10.5 Å². The van der Waals surface area contributed by atoms with Crippen LogP contribution in [0.5, 0.6) is 5.88 Å². The summed E-state index contributed by atoms with van der Waals surface area (Å²) in [5, 5.41) is 3.11. The molecule has 0 spiro atoms.